The van der Waals surface area contributed by atoms with E-state index in [0.29, 0.717) is 5.56 Å². The Bertz CT molecular complexity index is 825. The summed E-state index contributed by atoms with van der Waals surface area (Å²) in [6, 6.07) is 25.1. The standard InChI is InChI=1S/C22H21NO/c1-16-13-14-20(15-17(16)2)23-21(18-9-5-3-6-10-18)22(24)19-11-7-4-8-12-19/h3-15,21,23H,1-2H3. The van der Waals surface area contributed by atoms with Gasteiger partial charge in [0, 0.05) is 11.3 Å². The maximum atomic E-state index is 13.0. The lowest BCUT2D eigenvalue weighted by atomic mass is 9.97. The minimum atomic E-state index is -0.407. The number of aryl methyl sites for hydroxylation is 2. The van der Waals surface area contributed by atoms with E-state index in [9.17, 15) is 4.79 Å². The van der Waals surface area contributed by atoms with E-state index in [0.717, 1.165) is 11.3 Å². The number of carbonyl (C=O) groups excluding carboxylic acids is 1. The van der Waals surface area contributed by atoms with Gasteiger partial charge in [-0.2, -0.15) is 0 Å². The third-order valence-electron chi connectivity index (χ3n) is 4.27. The largest absolute Gasteiger partial charge is 0.371 e. The van der Waals surface area contributed by atoms with E-state index >= 15 is 0 Å². The van der Waals surface area contributed by atoms with Gasteiger partial charge in [0.05, 0.1) is 0 Å². The summed E-state index contributed by atoms with van der Waals surface area (Å²) in [4.78, 5) is 13.0. The highest BCUT2D eigenvalue weighted by Crippen LogP contribution is 2.25. The lowest BCUT2D eigenvalue weighted by Gasteiger charge is -2.20. The second-order valence-corrected chi connectivity index (χ2v) is 6.02. The number of anilines is 1. The lowest BCUT2D eigenvalue weighted by molar-refractivity contribution is 0.0969. The van der Waals surface area contributed by atoms with Crippen LogP contribution in [0, 0.1) is 13.8 Å². The third kappa shape index (κ3) is 3.54. The molecule has 0 heterocycles. The van der Waals surface area contributed by atoms with E-state index in [1.165, 1.54) is 11.1 Å². The first-order valence-corrected chi connectivity index (χ1v) is 8.13. The molecule has 2 heteroatoms. The zero-order valence-electron chi connectivity index (χ0n) is 14.0. The molecule has 0 saturated carbocycles. The fourth-order valence-electron chi connectivity index (χ4n) is 2.71. The maximum Gasteiger partial charge on any atom is 0.189 e. The van der Waals surface area contributed by atoms with Crippen LogP contribution in [-0.2, 0) is 0 Å². The van der Waals surface area contributed by atoms with E-state index in [4.69, 9.17) is 0 Å². The molecule has 0 aliphatic heterocycles. The molecule has 1 N–H and O–H groups in total. The number of hydrogen-bond acceptors (Lipinski definition) is 2. The van der Waals surface area contributed by atoms with Crippen LogP contribution in [0.15, 0.2) is 78.9 Å². The average molecular weight is 315 g/mol. The first-order valence-electron chi connectivity index (χ1n) is 8.13. The van der Waals surface area contributed by atoms with Crippen LogP contribution < -0.4 is 5.32 Å². The lowest BCUT2D eigenvalue weighted by Crippen LogP contribution is -2.21. The first-order chi connectivity index (χ1) is 11.6. The van der Waals surface area contributed by atoms with E-state index in [1.807, 2.05) is 66.7 Å². The van der Waals surface area contributed by atoms with Gasteiger partial charge in [0.1, 0.15) is 6.04 Å². The van der Waals surface area contributed by atoms with E-state index < -0.39 is 6.04 Å². The van der Waals surface area contributed by atoms with Gasteiger partial charge in [0.15, 0.2) is 5.78 Å². The SMILES string of the molecule is Cc1ccc(NC(C(=O)c2ccccc2)c2ccccc2)cc1C. The quantitative estimate of drug-likeness (QED) is 0.644. The number of hydrogen-bond donors (Lipinski definition) is 1. The van der Waals surface area contributed by atoms with Crippen LogP contribution in [0.3, 0.4) is 0 Å². The van der Waals surface area contributed by atoms with Crippen molar-refractivity contribution in [3.05, 3.63) is 101 Å². The summed E-state index contributed by atoms with van der Waals surface area (Å²) in [7, 11) is 0. The fourth-order valence-corrected chi connectivity index (χ4v) is 2.71. The maximum absolute atomic E-state index is 13.0. The molecule has 3 aromatic rings. The summed E-state index contributed by atoms with van der Waals surface area (Å²) < 4.78 is 0. The highest BCUT2D eigenvalue weighted by atomic mass is 16.1. The minimum absolute atomic E-state index is 0.0695. The molecule has 3 aromatic carbocycles. The fraction of sp³-hybridized carbons (Fsp3) is 0.136. The molecule has 1 unspecified atom stereocenters. The number of ketones is 1. The molecule has 0 fully saturated rings. The predicted octanol–water partition coefficient (Wildman–Crippen LogP) is 5.34. The Morgan fingerprint density at radius 1 is 0.792 bits per heavy atom. The van der Waals surface area contributed by atoms with Gasteiger partial charge in [0.25, 0.3) is 0 Å². The van der Waals surface area contributed by atoms with Crippen molar-refractivity contribution in [3.8, 4) is 0 Å². The second-order valence-electron chi connectivity index (χ2n) is 6.02. The number of rotatable bonds is 5. The highest BCUT2D eigenvalue weighted by Gasteiger charge is 2.21. The molecule has 3 rings (SSSR count). The Labute approximate surface area is 143 Å². The normalized spacial score (nSPS) is 11.8. The Hall–Kier alpha value is -2.87. The van der Waals surface area contributed by atoms with Crippen LogP contribution in [0.1, 0.15) is 33.1 Å². The van der Waals surface area contributed by atoms with Crippen LogP contribution in [0.5, 0.6) is 0 Å². The summed E-state index contributed by atoms with van der Waals surface area (Å²) in [5.41, 5.74) is 5.08. The smallest absolute Gasteiger partial charge is 0.189 e. The van der Waals surface area contributed by atoms with Crippen molar-refractivity contribution in [1.29, 1.82) is 0 Å². The summed E-state index contributed by atoms with van der Waals surface area (Å²) >= 11 is 0. The average Bonchev–Trinajstić information content (AvgIpc) is 2.63. The molecular formula is C22H21NO. The molecule has 0 aromatic heterocycles. The summed E-state index contributed by atoms with van der Waals surface area (Å²) in [6.07, 6.45) is 0. The zero-order chi connectivity index (χ0) is 16.9. The molecular weight excluding hydrogens is 294 g/mol. The number of benzene rings is 3. The molecule has 0 bridgehead atoms. The molecule has 0 saturated heterocycles. The molecule has 2 nitrogen and oxygen atoms in total. The topological polar surface area (TPSA) is 29.1 Å². The van der Waals surface area contributed by atoms with Crippen LogP contribution in [-0.4, -0.2) is 5.78 Å². The number of nitrogens with one attached hydrogen (secondary N) is 1. The molecule has 120 valence electrons. The van der Waals surface area contributed by atoms with Crippen molar-refractivity contribution in [2.45, 2.75) is 19.9 Å². The molecule has 0 spiro atoms. The second kappa shape index (κ2) is 7.14. The Balaban J connectivity index is 1.96. The highest BCUT2D eigenvalue weighted by molar-refractivity contribution is 6.02. The van der Waals surface area contributed by atoms with Gasteiger partial charge >= 0.3 is 0 Å². The van der Waals surface area contributed by atoms with Gasteiger partial charge in [0.2, 0.25) is 0 Å². The summed E-state index contributed by atoms with van der Waals surface area (Å²) in [6.45, 7) is 4.17. The van der Waals surface area contributed by atoms with Gasteiger partial charge in [-0.25, -0.2) is 0 Å². The Morgan fingerprint density at radius 2 is 1.42 bits per heavy atom. The van der Waals surface area contributed by atoms with Crippen molar-refractivity contribution in [2.24, 2.45) is 0 Å². The predicted molar refractivity (Wildman–Crippen MR) is 99.5 cm³/mol. The van der Waals surface area contributed by atoms with Crippen LogP contribution in [0.4, 0.5) is 5.69 Å². The molecule has 0 amide bonds. The Morgan fingerprint density at radius 3 is 2.04 bits per heavy atom. The monoisotopic (exact) mass is 315 g/mol. The molecule has 0 aliphatic carbocycles. The molecule has 0 aliphatic rings. The van der Waals surface area contributed by atoms with Crippen molar-refractivity contribution in [2.75, 3.05) is 5.32 Å². The number of Topliss-reactive ketones (excluding diaryl/α,β-unsaturated/α-hetero) is 1. The van der Waals surface area contributed by atoms with Crippen LogP contribution in [0.25, 0.3) is 0 Å². The number of carbonyl (C=O) groups is 1. The van der Waals surface area contributed by atoms with Gasteiger partial charge < -0.3 is 5.32 Å². The van der Waals surface area contributed by atoms with Gasteiger partial charge in [-0.05, 0) is 42.7 Å². The van der Waals surface area contributed by atoms with Crippen LogP contribution >= 0.6 is 0 Å². The van der Waals surface area contributed by atoms with Crippen molar-refractivity contribution in [1.82, 2.24) is 0 Å². The van der Waals surface area contributed by atoms with Crippen molar-refractivity contribution < 1.29 is 4.79 Å². The van der Waals surface area contributed by atoms with Gasteiger partial charge in [-0.1, -0.05) is 66.7 Å². The van der Waals surface area contributed by atoms with E-state index in [1.54, 1.807) is 0 Å². The molecule has 1 atom stereocenters. The minimum Gasteiger partial charge on any atom is -0.371 e. The molecule has 24 heavy (non-hydrogen) atoms. The first kappa shape index (κ1) is 16.0. The summed E-state index contributed by atoms with van der Waals surface area (Å²) in [5, 5.41) is 3.41. The van der Waals surface area contributed by atoms with Crippen molar-refractivity contribution >= 4 is 11.5 Å². The van der Waals surface area contributed by atoms with E-state index in [-0.39, 0.29) is 5.78 Å². The van der Waals surface area contributed by atoms with Crippen LogP contribution in [0.2, 0.25) is 0 Å². The Kier molecular flexibility index (Phi) is 4.76. The third-order valence-corrected chi connectivity index (χ3v) is 4.27. The molecule has 0 radical (unpaired) electrons. The van der Waals surface area contributed by atoms with Gasteiger partial charge in [-0.3, -0.25) is 4.79 Å². The van der Waals surface area contributed by atoms with Crippen molar-refractivity contribution in [3.63, 3.8) is 0 Å². The van der Waals surface area contributed by atoms with E-state index in [2.05, 4.69) is 31.3 Å². The summed E-state index contributed by atoms with van der Waals surface area (Å²) in [5.74, 6) is 0.0695. The van der Waals surface area contributed by atoms with Gasteiger partial charge in [-0.15, -0.1) is 0 Å². The zero-order valence-corrected chi connectivity index (χ0v) is 14.0.